The highest BCUT2D eigenvalue weighted by atomic mass is 127. The molecule has 2 aromatic carbocycles. The summed E-state index contributed by atoms with van der Waals surface area (Å²) in [5.41, 5.74) is 2.72. The molecule has 6 heteroatoms. The molecule has 1 aliphatic rings. The van der Waals surface area contributed by atoms with Gasteiger partial charge in [-0.25, -0.2) is 5.01 Å². The number of nitrogens with one attached hydrogen (secondary N) is 1. The number of hydrazone groups is 1. The maximum absolute atomic E-state index is 12.3. The normalized spacial score (nSPS) is 13.5. The molecule has 128 valence electrons. The molecule has 1 aliphatic heterocycles. The highest BCUT2D eigenvalue weighted by Crippen LogP contribution is 2.18. The van der Waals surface area contributed by atoms with Gasteiger partial charge in [0, 0.05) is 22.8 Å². The number of amides is 2. The topological polar surface area (TPSA) is 61.8 Å². The molecular formula is C19H18IN3O2. The molecule has 1 heterocycles. The Hall–Kier alpha value is -2.22. The summed E-state index contributed by atoms with van der Waals surface area (Å²) in [5, 5.41) is 8.71. The first kappa shape index (κ1) is 17.6. The van der Waals surface area contributed by atoms with Crippen molar-refractivity contribution >= 4 is 45.8 Å². The zero-order chi connectivity index (χ0) is 17.6. The quantitative estimate of drug-likeness (QED) is 0.712. The summed E-state index contributed by atoms with van der Waals surface area (Å²) in [4.78, 5) is 24.3. The number of benzene rings is 2. The number of carbonyl (C=O) groups is 2. The van der Waals surface area contributed by atoms with Crippen molar-refractivity contribution < 1.29 is 9.59 Å². The second-order valence-electron chi connectivity index (χ2n) is 5.71. The summed E-state index contributed by atoms with van der Waals surface area (Å²) in [7, 11) is 0. The molecule has 25 heavy (non-hydrogen) atoms. The summed E-state index contributed by atoms with van der Waals surface area (Å²) in [6.45, 7) is 0.571. The maximum atomic E-state index is 12.3. The molecule has 0 unspecified atom stereocenters. The highest BCUT2D eigenvalue weighted by Gasteiger charge is 2.21. The van der Waals surface area contributed by atoms with Crippen molar-refractivity contribution in [3.8, 4) is 0 Å². The van der Waals surface area contributed by atoms with Crippen LogP contribution in [0.1, 0.15) is 24.8 Å². The van der Waals surface area contributed by atoms with E-state index >= 15 is 0 Å². The van der Waals surface area contributed by atoms with Gasteiger partial charge in [0.1, 0.15) is 0 Å². The molecule has 3 rings (SSSR count). The van der Waals surface area contributed by atoms with Gasteiger partial charge in [-0.3, -0.25) is 9.59 Å². The Balaban J connectivity index is 1.52. The zero-order valence-electron chi connectivity index (χ0n) is 13.6. The van der Waals surface area contributed by atoms with Crippen LogP contribution in [0.5, 0.6) is 0 Å². The molecule has 2 amide bonds. The summed E-state index contributed by atoms with van der Waals surface area (Å²) in [6, 6.07) is 17.4. The summed E-state index contributed by atoms with van der Waals surface area (Å²) in [6.07, 6.45) is 1.04. The SMILES string of the molecule is O=C(CCC(=O)N1CCC(c2ccccc2)=N1)Nc1ccccc1I. The average molecular weight is 447 g/mol. The van der Waals surface area contributed by atoms with E-state index in [9.17, 15) is 9.59 Å². The minimum Gasteiger partial charge on any atom is -0.325 e. The number of nitrogens with zero attached hydrogens (tertiary/aromatic N) is 2. The predicted octanol–water partition coefficient (Wildman–Crippen LogP) is 3.65. The number of para-hydroxylation sites is 1. The van der Waals surface area contributed by atoms with Crippen molar-refractivity contribution in [2.24, 2.45) is 5.10 Å². The summed E-state index contributed by atoms with van der Waals surface area (Å²) in [5.74, 6) is -0.284. The van der Waals surface area contributed by atoms with Crippen LogP contribution >= 0.6 is 22.6 Å². The summed E-state index contributed by atoms with van der Waals surface area (Å²) >= 11 is 2.17. The van der Waals surface area contributed by atoms with Gasteiger partial charge in [-0.1, -0.05) is 42.5 Å². The molecule has 0 bridgehead atoms. The maximum Gasteiger partial charge on any atom is 0.243 e. The molecule has 0 aromatic heterocycles. The monoisotopic (exact) mass is 447 g/mol. The third-order valence-corrected chi connectivity index (χ3v) is 4.85. The fourth-order valence-electron chi connectivity index (χ4n) is 2.60. The lowest BCUT2D eigenvalue weighted by atomic mass is 10.1. The van der Waals surface area contributed by atoms with E-state index in [1.54, 1.807) is 0 Å². The Morgan fingerprint density at radius 3 is 2.52 bits per heavy atom. The van der Waals surface area contributed by atoms with Gasteiger partial charge in [-0.15, -0.1) is 0 Å². The van der Waals surface area contributed by atoms with Crippen LogP contribution in [0.4, 0.5) is 5.69 Å². The van der Waals surface area contributed by atoms with E-state index in [0.717, 1.165) is 27.0 Å². The Morgan fingerprint density at radius 1 is 1.04 bits per heavy atom. The molecule has 0 spiro atoms. The Bertz CT molecular complexity index is 805. The Kier molecular flexibility index (Phi) is 5.80. The second kappa shape index (κ2) is 8.24. The molecule has 0 atom stereocenters. The van der Waals surface area contributed by atoms with Crippen LogP contribution in [0.25, 0.3) is 0 Å². The lowest BCUT2D eigenvalue weighted by Crippen LogP contribution is -2.25. The second-order valence-corrected chi connectivity index (χ2v) is 6.87. The largest absolute Gasteiger partial charge is 0.325 e. The average Bonchev–Trinajstić information content (AvgIpc) is 3.13. The fourth-order valence-corrected chi connectivity index (χ4v) is 3.12. The molecule has 0 aliphatic carbocycles. The van der Waals surface area contributed by atoms with Crippen molar-refractivity contribution in [2.45, 2.75) is 19.3 Å². The van der Waals surface area contributed by atoms with Gasteiger partial charge in [0.2, 0.25) is 11.8 Å². The van der Waals surface area contributed by atoms with E-state index in [4.69, 9.17) is 0 Å². The van der Waals surface area contributed by atoms with E-state index in [-0.39, 0.29) is 24.7 Å². The predicted molar refractivity (Wildman–Crippen MR) is 106 cm³/mol. The lowest BCUT2D eigenvalue weighted by molar-refractivity contribution is -0.132. The first-order valence-corrected chi connectivity index (χ1v) is 9.19. The van der Waals surface area contributed by atoms with E-state index in [2.05, 4.69) is 33.0 Å². The van der Waals surface area contributed by atoms with Crippen molar-refractivity contribution in [3.63, 3.8) is 0 Å². The first-order chi connectivity index (χ1) is 12.1. The van der Waals surface area contributed by atoms with Crippen molar-refractivity contribution in [3.05, 3.63) is 63.7 Å². The molecule has 1 N–H and O–H groups in total. The molecule has 0 radical (unpaired) electrons. The van der Waals surface area contributed by atoms with E-state index < -0.39 is 0 Å². The van der Waals surface area contributed by atoms with Gasteiger partial charge in [-0.2, -0.15) is 5.10 Å². The standard InChI is InChI=1S/C19H18IN3O2/c20-15-8-4-5-9-17(15)21-18(24)10-11-19(25)23-13-12-16(22-23)14-6-2-1-3-7-14/h1-9H,10-13H2,(H,21,24). The number of halogens is 1. The zero-order valence-corrected chi connectivity index (χ0v) is 15.8. The molecule has 0 fully saturated rings. The van der Waals surface area contributed by atoms with Crippen molar-refractivity contribution in [1.29, 1.82) is 0 Å². The molecule has 0 saturated carbocycles. The lowest BCUT2D eigenvalue weighted by Gasteiger charge is -2.11. The smallest absolute Gasteiger partial charge is 0.243 e. The Morgan fingerprint density at radius 2 is 1.76 bits per heavy atom. The van der Waals surface area contributed by atoms with Gasteiger partial charge >= 0.3 is 0 Å². The number of anilines is 1. The van der Waals surface area contributed by atoms with Gasteiger partial charge in [-0.05, 0) is 40.3 Å². The number of rotatable bonds is 5. The number of carbonyl (C=O) groups excluding carboxylic acids is 2. The van der Waals surface area contributed by atoms with Crippen molar-refractivity contribution in [2.75, 3.05) is 11.9 Å². The van der Waals surface area contributed by atoms with Crippen LogP contribution in [0, 0.1) is 3.57 Å². The van der Waals surface area contributed by atoms with Crippen LogP contribution < -0.4 is 5.32 Å². The van der Waals surface area contributed by atoms with Crippen LogP contribution in [-0.2, 0) is 9.59 Å². The number of hydrogen-bond donors (Lipinski definition) is 1. The molecule has 5 nitrogen and oxygen atoms in total. The third-order valence-electron chi connectivity index (χ3n) is 3.91. The number of hydrogen-bond acceptors (Lipinski definition) is 3. The van der Waals surface area contributed by atoms with Gasteiger partial charge in [0.15, 0.2) is 0 Å². The van der Waals surface area contributed by atoms with Crippen LogP contribution in [-0.4, -0.2) is 29.1 Å². The first-order valence-electron chi connectivity index (χ1n) is 8.11. The molecule has 2 aromatic rings. The van der Waals surface area contributed by atoms with E-state index in [1.807, 2.05) is 54.6 Å². The van der Waals surface area contributed by atoms with Gasteiger partial charge < -0.3 is 5.32 Å². The van der Waals surface area contributed by atoms with E-state index in [1.165, 1.54) is 5.01 Å². The van der Waals surface area contributed by atoms with E-state index in [0.29, 0.717) is 6.54 Å². The van der Waals surface area contributed by atoms with Crippen molar-refractivity contribution in [1.82, 2.24) is 5.01 Å². The fraction of sp³-hybridized carbons (Fsp3) is 0.211. The third kappa shape index (κ3) is 4.66. The Labute approximate surface area is 160 Å². The van der Waals surface area contributed by atoms with Crippen LogP contribution in [0.15, 0.2) is 59.7 Å². The van der Waals surface area contributed by atoms with Gasteiger partial charge in [0.25, 0.3) is 0 Å². The van der Waals surface area contributed by atoms with Crippen LogP contribution in [0.2, 0.25) is 0 Å². The highest BCUT2D eigenvalue weighted by molar-refractivity contribution is 14.1. The molecular weight excluding hydrogens is 429 g/mol. The summed E-state index contributed by atoms with van der Waals surface area (Å²) < 4.78 is 0.969. The van der Waals surface area contributed by atoms with Gasteiger partial charge in [0.05, 0.1) is 17.9 Å². The minimum atomic E-state index is -0.163. The molecule has 0 saturated heterocycles. The minimum absolute atomic E-state index is 0.121. The van der Waals surface area contributed by atoms with Crippen LogP contribution in [0.3, 0.4) is 0 Å².